The number of aryl methyl sites for hydroxylation is 1. The van der Waals surface area contributed by atoms with Crippen molar-refractivity contribution in [3.05, 3.63) is 93.9 Å². The number of hydrogen-bond acceptors (Lipinski definition) is 4. The van der Waals surface area contributed by atoms with E-state index >= 15 is 0 Å². The molecule has 0 fully saturated rings. The monoisotopic (exact) mass is 449 g/mol. The van der Waals surface area contributed by atoms with Gasteiger partial charge in [0.05, 0.1) is 22.8 Å². The fourth-order valence-corrected chi connectivity index (χ4v) is 4.49. The molecular formula is C25H20ClNO3S. The van der Waals surface area contributed by atoms with Gasteiger partial charge in [-0.05, 0) is 61.4 Å². The average Bonchev–Trinajstić information content (AvgIpc) is 3.01. The van der Waals surface area contributed by atoms with E-state index in [-0.39, 0.29) is 11.8 Å². The summed E-state index contributed by atoms with van der Waals surface area (Å²) < 4.78 is 5.51. The number of thioether (sulfide) groups is 1. The van der Waals surface area contributed by atoms with Crippen molar-refractivity contribution in [1.29, 1.82) is 0 Å². The summed E-state index contributed by atoms with van der Waals surface area (Å²) in [6.45, 7) is 4.34. The second kappa shape index (κ2) is 9.00. The van der Waals surface area contributed by atoms with E-state index in [9.17, 15) is 9.59 Å². The van der Waals surface area contributed by atoms with Gasteiger partial charge >= 0.3 is 0 Å². The predicted molar refractivity (Wildman–Crippen MR) is 126 cm³/mol. The SMILES string of the molecule is CCOc1ccc(C2=C(Sc3ccccc3)C(=O)N(c3ccc(C)c(Cl)c3)C2=O)cc1. The lowest BCUT2D eigenvalue weighted by Gasteiger charge is -2.16. The molecule has 156 valence electrons. The maximum Gasteiger partial charge on any atom is 0.272 e. The van der Waals surface area contributed by atoms with Gasteiger partial charge in [0, 0.05) is 9.92 Å². The minimum atomic E-state index is -0.368. The Kier molecular flexibility index (Phi) is 6.16. The summed E-state index contributed by atoms with van der Waals surface area (Å²) in [7, 11) is 0. The number of ether oxygens (including phenoxy) is 1. The minimum Gasteiger partial charge on any atom is -0.494 e. The van der Waals surface area contributed by atoms with Gasteiger partial charge in [0.25, 0.3) is 11.8 Å². The maximum absolute atomic E-state index is 13.5. The molecule has 31 heavy (non-hydrogen) atoms. The first-order chi connectivity index (χ1) is 15.0. The normalized spacial score (nSPS) is 13.8. The van der Waals surface area contributed by atoms with E-state index in [1.54, 1.807) is 30.3 Å². The van der Waals surface area contributed by atoms with Crippen LogP contribution in [0.15, 0.2) is 82.6 Å². The maximum atomic E-state index is 13.5. The summed E-state index contributed by atoms with van der Waals surface area (Å²) >= 11 is 7.56. The molecule has 1 aliphatic heterocycles. The highest BCUT2D eigenvalue weighted by Gasteiger charge is 2.40. The van der Waals surface area contributed by atoms with Crippen LogP contribution in [-0.4, -0.2) is 18.4 Å². The lowest BCUT2D eigenvalue weighted by Crippen LogP contribution is -2.31. The molecule has 6 heteroatoms. The van der Waals surface area contributed by atoms with E-state index in [0.29, 0.717) is 39.1 Å². The number of halogens is 1. The first-order valence-corrected chi connectivity index (χ1v) is 11.0. The Morgan fingerprint density at radius 3 is 2.29 bits per heavy atom. The smallest absolute Gasteiger partial charge is 0.272 e. The second-order valence-corrected chi connectivity index (χ2v) is 8.45. The van der Waals surface area contributed by atoms with Gasteiger partial charge in [-0.3, -0.25) is 9.59 Å². The number of imide groups is 1. The zero-order valence-electron chi connectivity index (χ0n) is 17.1. The van der Waals surface area contributed by atoms with Crippen LogP contribution in [0.5, 0.6) is 5.75 Å². The number of amides is 2. The van der Waals surface area contributed by atoms with Gasteiger partial charge in [0.1, 0.15) is 5.75 Å². The molecule has 3 aromatic rings. The first kappa shape index (κ1) is 21.2. The summed E-state index contributed by atoms with van der Waals surface area (Å²) in [4.78, 5) is 29.4. The van der Waals surface area contributed by atoms with E-state index in [0.717, 1.165) is 10.5 Å². The van der Waals surface area contributed by atoms with Gasteiger partial charge in [-0.15, -0.1) is 0 Å². The molecule has 0 spiro atoms. The zero-order chi connectivity index (χ0) is 22.0. The van der Waals surface area contributed by atoms with Gasteiger partial charge in [-0.2, -0.15) is 0 Å². The highest BCUT2D eigenvalue weighted by atomic mass is 35.5. The molecule has 0 unspecified atom stereocenters. The van der Waals surface area contributed by atoms with Gasteiger partial charge in [-0.1, -0.05) is 59.8 Å². The lowest BCUT2D eigenvalue weighted by atomic mass is 10.1. The van der Waals surface area contributed by atoms with Crippen LogP contribution in [-0.2, 0) is 9.59 Å². The quantitative estimate of drug-likeness (QED) is 0.425. The number of rotatable bonds is 6. The van der Waals surface area contributed by atoms with E-state index in [4.69, 9.17) is 16.3 Å². The summed E-state index contributed by atoms with van der Waals surface area (Å²) in [5, 5.41) is 0.505. The molecule has 0 atom stereocenters. The molecule has 0 aromatic heterocycles. The number of anilines is 1. The van der Waals surface area contributed by atoms with Crippen LogP contribution in [0.3, 0.4) is 0 Å². The Morgan fingerprint density at radius 2 is 1.65 bits per heavy atom. The average molecular weight is 450 g/mol. The highest BCUT2D eigenvalue weighted by Crippen LogP contribution is 2.42. The zero-order valence-corrected chi connectivity index (χ0v) is 18.7. The van der Waals surface area contributed by atoms with Crippen LogP contribution in [0.25, 0.3) is 5.57 Å². The number of hydrogen-bond donors (Lipinski definition) is 0. The molecule has 0 radical (unpaired) electrons. The van der Waals surface area contributed by atoms with Gasteiger partial charge in [-0.25, -0.2) is 4.90 Å². The number of benzene rings is 3. The topological polar surface area (TPSA) is 46.6 Å². The van der Waals surface area contributed by atoms with Crippen LogP contribution in [0.1, 0.15) is 18.1 Å². The molecule has 0 aliphatic carbocycles. The minimum absolute atomic E-state index is 0.359. The Morgan fingerprint density at radius 1 is 0.935 bits per heavy atom. The van der Waals surface area contributed by atoms with Crippen molar-refractivity contribution in [3.8, 4) is 5.75 Å². The number of carbonyl (C=O) groups excluding carboxylic acids is 2. The largest absolute Gasteiger partial charge is 0.494 e. The summed E-state index contributed by atoms with van der Waals surface area (Å²) in [5.41, 5.74) is 2.38. The van der Waals surface area contributed by atoms with Gasteiger partial charge < -0.3 is 4.74 Å². The molecule has 3 aromatic carbocycles. The Balaban J connectivity index is 1.79. The van der Waals surface area contributed by atoms with Crippen LogP contribution in [0.2, 0.25) is 5.02 Å². The van der Waals surface area contributed by atoms with Crippen molar-refractivity contribution in [2.24, 2.45) is 0 Å². The predicted octanol–water partition coefficient (Wildman–Crippen LogP) is 6.12. The molecule has 4 rings (SSSR count). The molecule has 0 bridgehead atoms. The highest BCUT2D eigenvalue weighted by molar-refractivity contribution is 8.04. The van der Waals surface area contributed by atoms with Crippen molar-refractivity contribution >= 4 is 46.4 Å². The van der Waals surface area contributed by atoms with Gasteiger partial charge in [0.15, 0.2) is 0 Å². The van der Waals surface area contributed by atoms with Crippen molar-refractivity contribution in [3.63, 3.8) is 0 Å². The van der Waals surface area contributed by atoms with Crippen molar-refractivity contribution in [2.45, 2.75) is 18.7 Å². The van der Waals surface area contributed by atoms with Crippen LogP contribution in [0.4, 0.5) is 5.69 Å². The molecule has 0 saturated heterocycles. The Hall–Kier alpha value is -3.02. The van der Waals surface area contributed by atoms with Crippen LogP contribution < -0.4 is 9.64 Å². The Bertz CT molecular complexity index is 1170. The summed E-state index contributed by atoms with van der Waals surface area (Å²) in [6.07, 6.45) is 0. The fourth-order valence-electron chi connectivity index (χ4n) is 3.31. The van der Waals surface area contributed by atoms with Crippen LogP contribution >= 0.6 is 23.4 Å². The second-order valence-electron chi connectivity index (χ2n) is 6.96. The summed E-state index contributed by atoms with van der Waals surface area (Å²) in [6, 6.07) is 22.0. The van der Waals surface area contributed by atoms with Crippen molar-refractivity contribution in [2.75, 3.05) is 11.5 Å². The van der Waals surface area contributed by atoms with Crippen molar-refractivity contribution in [1.82, 2.24) is 0 Å². The van der Waals surface area contributed by atoms with E-state index in [1.165, 1.54) is 16.7 Å². The standard InChI is InChI=1S/C25H20ClNO3S/c1-3-30-19-13-10-17(11-14-19)22-23(31-20-7-5-4-6-8-20)25(29)27(24(22)28)18-12-9-16(2)21(26)15-18/h4-15H,3H2,1-2H3. The Labute approximate surface area is 190 Å². The van der Waals surface area contributed by atoms with E-state index in [1.807, 2.05) is 56.3 Å². The third-order valence-electron chi connectivity index (χ3n) is 4.87. The fraction of sp³-hybridized carbons (Fsp3) is 0.120. The number of nitrogens with zero attached hydrogens (tertiary/aromatic N) is 1. The van der Waals surface area contributed by atoms with E-state index < -0.39 is 0 Å². The molecular weight excluding hydrogens is 430 g/mol. The van der Waals surface area contributed by atoms with E-state index in [2.05, 4.69) is 0 Å². The van der Waals surface area contributed by atoms with Gasteiger partial charge in [0.2, 0.25) is 0 Å². The molecule has 2 amide bonds. The molecule has 1 heterocycles. The molecule has 0 N–H and O–H groups in total. The van der Waals surface area contributed by atoms with Crippen molar-refractivity contribution < 1.29 is 14.3 Å². The van der Waals surface area contributed by atoms with Crippen LogP contribution in [0, 0.1) is 6.92 Å². The first-order valence-electron chi connectivity index (χ1n) is 9.85. The molecule has 4 nitrogen and oxygen atoms in total. The molecule has 1 aliphatic rings. The lowest BCUT2D eigenvalue weighted by molar-refractivity contribution is -0.119. The number of carbonyl (C=O) groups is 2. The third-order valence-corrected chi connectivity index (χ3v) is 6.37. The third kappa shape index (κ3) is 4.24. The summed E-state index contributed by atoms with van der Waals surface area (Å²) in [5.74, 6) is -0.0155. The molecule has 0 saturated carbocycles.